The van der Waals surface area contributed by atoms with Gasteiger partial charge in [0.05, 0.1) is 0 Å². The van der Waals surface area contributed by atoms with Crippen LogP contribution in [0, 0.1) is 6.92 Å². The van der Waals surface area contributed by atoms with Gasteiger partial charge in [0.2, 0.25) is 0 Å². The van der Waals surface area contributed by atoms with Gasteiger partial charge in [0, 0.05) is 25.2 Å². The van der Waals surface area contributed by atoms with Crippen molar-refractivity contribution < 1.29 is 9.53 Å². The number of hydrogen-bond donors (Lipinski definition) is 1. The highest BCUT2D eigenvalue weighted by Crippen LogP contribution is 2.22. The lowest BCUT2D eigenvalue weighted by Crippen LogP contribution is -2.44. The summed E-state index contributed by atoms with van der Waals surface area (Å²) in [6, 6.07) is 8.92. The summed E-state index contributed by atoms with van der Waals surface area (Å²) in [5.41, 5.74) is 2.17. The summed E-state index contributed by atoms with van der Waals surface area (Å²) >= 11 is 0. The van der Waals surface area contributed by atoms with E-state index in [1.807, 2.05) is 25.7 Å². The Balaban J connectivity index is 1.92. The molecule has 0 radical (unpaired) electrons. The van der Waals surface area contributed by atoms with Gasteiger partial charge in [0.15, 0.2) is 0 Å². The average molecular weight is 318 g/mol. The van der Waals surface area contributed by atoms with Gasteiger partial charge in [-0.1, -0.05) is 24.3 Å². The molecule has 4 nitrogen and oxygen atoms in total. The smallest absolute Gasteiger partial charge is 0.410 e. The monoisotopic (exact) mass is 318 g/mol. The number of hydrogen-bond acceptors (Lipinski definition) is 3. The van der Waals surface area contributed by atoms with E-state index in [-0.39, 0.29) is 18.2 Å². The summed E-state index contributed by atoms with van der Waals surface area (Å²) in [6.07, 6.45) is 1.89. The van der Waals surface area contributed by atoms with Gasteiger partial charge >= 0.3 is 6.09 Å². The minimum absolute atomic E-state index is 0.189. The lowest BCUT2D eigenvalue weighted by Gasteiger charge is -2.29. The standard InChI is InChI=1S/C19H30N2O2/c1-14-9-6-7-11-17(14)15(2)20-13-16-10-8-12-21(16)18(22)23-19(3,4)5/h6-7,9,11,15-16,20H,8,10,12-13H2,1-5H3/t15-,16?/m1/s1. The molecule has 1 aromatic carbocycles. The Bertz CT molecular complexity index is 536. The van der Waals surface area contributed by atoms with E-state index < -0.39 is 5.60 Å². The van der Waals surface area contributed by atoms with Crippen LogP contribution in [0.5, 0.6) is 0 Å². The fourth-order valence-electron chi connectivity index (χ4n) is 3.10. The molecule has 1 unspecified atom stereocenters. The SMILES string of the molecule is Cc1ccccc1[C@@H](C)NCC1CCCN1C(=O)OC(C)(C)C. The van der Waals surface area contributed by atoms with E-state index in [1.165, 1.54) is 11.1 Å². The van der Waals surface area contributed by atoms with Crippen molar-refractivity contribution in [2.24, 2.45) is 0 Å². The summed E-state index contributed by atoms with van der Waals surface area (Å²) in [7, 11) is 0. The first-order valence-corrected chi connectivity index (χ1v) is 8.56. The van der Waals surface area contributed by atoms with Crippen LogP contribution in [-0.2, 0) is 4.74 Å². The van der Waals surface area contributed by atoms with Crippen molar-refractivity contribution in [3.8, 4) is 0 Å². The zero-order valence-corrected chi connectivity index (χ0v) is 15.1. The maximum Gasteiger partial charge on any atom is 0.410 e. The Hall–Kier alpha value is -1.55. The number of amides is 1. The minimum atomic E-state index is -0.438. The van der Waals surface area contributed by atoms with Crippen LogP contribution in [0.15, 0.2) is 24.3 Å². The van der Waals surface area contributed by atoms with Crippen LogP contribution < -0.4 is 5.32 Å². The topological polar surface area (TPSA) is 41.6 Å². The number of aryl methyl sites for hydroxylation is 1. The first kappa shape index (κ1) is 17.8. The zero-order chi connectivity index (χ0) is 17.0. The molecule has 1 aromatic rings. The molecule has 128 valence electrons. The van der Waals surface area contributed by atoms with Crippen LogP contribution in [0.1, 0.15) is 57.7 Å². The van der Waals surface area contributed by atoms with Crippen LogP contribution in [0.2, 0.25) is 0 Å². The van der Waals surface area contributed by atoms with Gasteiger partial charge in [-0.05, 0) is 58.6 Å². The van der Waals surface area contributed by atoms with Gasteiger partial charge in [-0.25, -0.2) is 4.79 Å². The predicted molar refractivity (Wildman–Crippen MR) is 93.6 cm³/mol. The molecule has 1 heterocycles. The zero-order valence-electron chi connectivity index (χ0n) is 15.1. The molecule has 4 heteroatoms. The number of nitrogens with one attached hydrogen (secondary N) is 1. The van der Waals surface area contributed by atoms with E-state index in [1.54, 1.807) is 0 Å². The van der Waals surface area contributed by atoms with Crippen molar-refractivity contribution >= 4 is 6.09 Å². The largest absolute Gasteiger partial charge is 0.444 e. The van der Waals surface area contributed by atoms with Gasteiger partial charge in [0.25, 0.3) is 0 Å². The molecule has 0 aliphatic carbocycles. The molecule has 2 atom stereocenters. The highest BCUT2D eigenvalue weighted by atomic mass is 16.6. The van der Waals surface area contributed by atoms with Gasteiger partial charge in [-0.2, -0.15) is 0 Å². The Morgan fingerprint density at radius 1 is 1.39 bits per heavy atom. The molecule has 23 heavy (non-hydrogen) atoms. The number of nitrogens with zero attached hydrogens (tertiary/aromatic N) is 1. The van der Waals surface area contributed by atoms with Crippen LogP contribution in [0.3, 0.4) is 0 Å². The molecule has 1 amide bonds. The lowest BCUT2D eigenvalue weighted by molar-refractivity contribution is 0.0225. The predicted octanol–water partition coefficient (Wildman–Crippen LogP) is 4.05. The van der Waals surface area contributed by atoms with E-state index in [9.17, 15) is 4.79 Å². The van der Waals surface area contributed by atoms with Gasteiger partial charge in [-0.15, -0.1) is 0 Å². The van der Waals surface area contributed by atoms with Crippen molar-refractivity contribution in [2.45, 2.75) is 65.1 Å². The average Bonchev–Trinajstić information content (AvgIpc) is 2.92. The van der Waals surface area contributed by atoms with E-state index in [0.717, 1.165) is 25.9 Å². The molecule has 2 rings (SSSR count). The molecule has 1 N–H and O–H groups in total. The second kappa shape index (κ2) is 7.35. The Morgan fingerprint density at radius 3 is 2.74 bits per heavy atom. The number of ether oxygens (including phenoxy) is 1. The maximum absolute atomic E-state index is 12.3. The molecule has 1 saturated heterocycles. The number of rotatable bonds is 4. The summed E-state index contributed by atoms with van der Waals surface area (Å²) < 4.78 is 5.52. The van der Waals surface area contributed by atoms with Crippen molar-refractivity contribution in [3.63, 3.8) is 0 Å². The number of carbonyl (C=O) groups is 1. The Morgan fingerprint density at radius 2 is 2.09 bits per heavy atom. The van der Waals surface area contributed by atoms with Gasteiger partial charge < -0.3 is 15.0 Å². The molecule has 1 fully saturated rings. The van der Waals surface area contributed by atoms with Crippen LogP contribution in [0.4, 0.5) is 4.79 Å². The number of benzene rings is 1. The number of carbonyl (C=O) groups excluding carboxylic acids is 1. The molecular formula is C19H30N2O2. The minimum Gasteiger partial charge on any atom is -0.444 e. The molecule has 1 aliphatic heterocycles. The fraction of sp³-hybridized carbons (Fsp3) is 0.632. The number of likely N-dealkylation sites (tertiary alicyclic amines) is 1. The molecule has 0 spiro atoms. The van der Waals surface area contributed by atoms with Gasteiger partial charge in [0.1, 0.15) is 5.60 Å². The summed E-state index contributed by atoms with van der Waals surface area (Å²) in [5, 5.41) is 3.58. The van der Waals surface area contributed by atoms with Crippen molar-refractivity contribution in [1.82, 2.24) is 10.2 Å². The summed E-state index contributed by atoms with van der Waals surface area (Å²) in [4.78, 5) is 14.2. The lowest BCUT2D eigenvalue weighted by atomic mass is 10.0. The summed E-state index contributed by atoms with van der Waals surface area (Å²) in [5.74, 6) is 0. The van der Waals surface area contributed by atoms with Crippen molar-refractivity contribution in [3.05, 3.63) is 35.4 Å². The van der Waals surface area contributed by atoms with Crippen LogP contribution in [-0.4, -0.2) is 35.7 Å². The fourth-order valence-corrected chi connectivity index (χ4v) is 3.10. The molecule has 0 bridgehead atoms. The maximum atomic E-state index is 12.3. The second-order valence-corrected chi connectivity index (χ2v) is 7.46. The van der Waals surface area contributed by atoms with Crippen molar-refractivity contribution in [1.29, 1.82) is 0 Å². The summed E-state index contributed by atoms with van der Waals surface area (Å²) in [6.45, 7) is 11.6. The van der Waals surface area contributed by atoms with E-state index in [4.69, 9.17) is 4.74 Å². The quantitative estimate of drug-likeness (QED) is 0.911. The molecule has 1 aliphatic rings. The third-order valence-electron chi connectivity index (χ3n) is 4.32. The first-order chi connectivity index (χ1) is 10.8. The highest BCUT2D eigenvalue weighted by Gasteiger charge is 2.32. The van der Waals surface area contributed by atoms with E-state index in [2.05, 4.69) is 43.4 Å². The molecule has 0 saturated carbocycles. The van der Waals surface area contributed by atoms with E-state index >= 15 is 0 Å². The Labute approximate surface area is 140 Å². The Kier molecular flexibility index (Phi) is 5.69. The van der Waals surface area contributed by atoms with Crippen LogP contribution in [0.25, 0.3) is 0 Å². The van der Waals surface area contributed by atoms with E-state index in [0.29, 0.717) is 0 Å². The van der Waals surface area contributed by atoms with Crippen molar-refractivity contribution in [2.75, 3.05) is 13.1 Å². The van der Waals surface area contributed by atoms with Gasteiger partial charge in [-0.3, -0.25) is 0 Å². The molecule has 0 aromatic heterocycles. The third-order valence-corrected chi connectivity index (χ3v) is 4.32. The van der Waals surface area contributed by atoms with Crippen LogP contribution >= 0.6 is 0 Å². The normalized spacial score (nSPS) is 19.7. The second-order valence-electron chi connectivity index (χ2n) is 7.46. The first-order valence-electron chi connectivity index (χ1n) is 8.56. The third kappa shape index (κ3) is 4.96. The molecular weight excluding hydrogens is 288 g/mol. The highest BCUT2D eigenvalue weighted by molar-refractivity contribution is 5.69.